The van der Waals surface area contributed by atoms with Crippen LogP contribution in [0.25, 0.3) is 0 Å². The van der Waals surface area contributed by atoms with Gasteiger partial charge in [0.15, 0.2) is 0 Å². The average molecular weight is 210 g/mol. The molecule has 0 aliphatic rings. The normalized spacial score (nSPS) is 15.3. The molecule has 0 bridgehead atoms. The maximum Gasteiger partial charge on any atom is 0.0392 e. The molecule has 1 atom stereocenters. The Morgan fingerprint density at radius 1 is 1.33 bits per heavy atom. The summed E-state index contributed by atoms with van der Waals surface area (Å²) in [5.41, 5.74) is 2.33. The first kappa shape index (κ1) is 14.2. The Morgan fingerprint density at radius 2 is 2.00 bits per heavy atom. The predicted molar refractivity (Wildman–Crippen MR) is 69.5 cm³/mol. The Labute approximate surface area is 94.9 Å². The number of hydrogen-bond donors (Lipinski definition) is 1. The molecule has 1 unspecified atom stereocenters. The molecule has 0 aromatic carbocycles. The highest BCUT2D eigenvalue weighted by atomic mass is 14.9. The first-order valence-electron chi connectivity index (χ1n) is 6.06. The fourth-order valence-corrected chi connectivity index (χ4v) is 1.30. The van der Waals surface area contributed by atoms with E-state index in [1.165, 1.54) is 18.5 Å². The number of unbranched alkanes of at least 4 members (excludes halogenated alkanes) is 1. The van der Waals surface area contributed by atoms with E-state index in [1.807, 2.05) is 0 Å². The van der Waals surface area contributed by atoms with Gasteiger partial charge >= 0.3 is 0 Å². The monoisotopic (exact) mass is 210 g/mol. The lowest BCUT2D eigenvalue weighted by Crippen LogP contribution is -2.23. The van der Waals surface area contributed by atoms with Crippen molar-refractivity contribution >= 4 is 5.71 Å². The topological polar surface area (TPSA) is 24.4 Å². The summed E-state index contributed by atoms with van der Waals surface area (Å²) in [6.45, 7) is 11.7. The molecule has 1 N–H and O–H groups in total. The van der Waals surface area contributed by atoms with Crippen molar-refractivity contribution in [3.63, 3.8) is 0 Å². The lowest BCUT2D eigenvalue weighted by molar-refractivity contribution is 0.596. The van der Waals surface area contributed by atoms with E-state index in [4.69, 9.17) is 0 Å². The van der Waals surface area contributed by atoms with Crippen LogP contribution < -0.4 is 5.32 Å². The number of nitrogens with one attached hydrogen (secondary N) is 1. The molecule has 0 amide bonds. The van der Waals surface area contributed by atoms with Crippen molar-refractivity contribution < 1.29 is 0 Å². The van der Waals surface area contributed by atoms with Crippen molar-refractivity contribution in [2.45, 2.75) is 59.9 Å². The van der Waals surface area contributed by atoms with Gasteiger partial charge in [-0.25, -0.2) is 0 Å². The summed E-state index contributed by atoms with van der Waals surface area (Å²) in [6.07, 6.45) is 5.67. The summed E-state index contributed by atoms with van der Waals surface area (Å²) in [5, 5.41) is 3.43. The molecule has 0 fully saturated rings. The van der Waals surface area contributed by atoms with Crippen LogP contribution in [0.3, 0.4) is 0 Å². The van der Waals surface area contributed by atoms with Gasteiger partial charge in [-0.05, 0) is 39.7 Å². The molecule has 15 heavy (non-hydrogen) atoms. The number of aliphatic imine (C=N–C) groups is 1. The van der Waals surface area contributed by atoms with Crippen molar-refractivity contribution in [1.82, 2.24) is 5.32 Å². The van der Waals surface area contributed by atoms with E-state index in [0.29, 0.717) is 6.04 Å². The van der Waals surface area contributed by atoms with Gasteiger partial charge in [-0.1, -0.05) is 20.3 Å². The van der Waals surface area contributed by atoms with E-state index in [9.17, 15) is 0 Å². The van der Waals surface area contributed by atoms with Gasteiger partial charge in [0.25, 0.3) is 0 Å². The standard InChI is InChI=1S/C13H26N2/c1-6-8-9-14-12(4)10-13(5)15-11(3)7-2/h10-11,15H,6-9H2,1-5H3/b13-10-,14-12?. The summed E-state index contributed by atoms with van der Waals surface area (Å²) in [5.74, 6) is 0. The molecule has 0 radical (unpaired) electrons. The van der Waals surface area contributed by atoms with Gasteiger partial charge in [0.05, 0.1) is 0 Å². The number of rotatable bonds is 7. The largest absolute Gasteiger partial charge is 0.386 e. The van der Waals surface area contributed by atoms with Crippen molar-refractivity contribution in [3.05, 3.63) is 11.8 Å². The molecule has 0 aliphatic heterocycles. The summed E-state index contributed by atoms with van der Waals surface area (Å²) >= 11 is 0. The van der Waals surface area contributed by atoms with Crippen LogP contribution in [0, 0.1) is 0 Å². The fourth-order valence-electron chi connectivity index (χ4n) is 1.30. The van der Waals surface area contributed by atoms with E-state index in [2.05, 4.69) is 51.0 Å². The van der Waals surface area contributed by atoms with Gasteiger partial charge in [0.2, 0.25) is 0 Å². The summed E-state index contributed by atoms with van der Waals surface area (Å²) in [4.78, 5) is 4.49. The maximum atomic E-state index is 4.49. The highest BCUT2D eigenvalue weighted by Gasteiger charge is 1.97. The first-order valence-corrected chi connectivity index (χ1v) is 6.06. The molecular weight excluding hydrogens is 184 g/mol. The molecule has 0 saturated heterocycles. The van der Waals surface area contributed by atoms with Gasteiger partial charge in [-0.3, -0.25) is 4.99 Å². The zero-order chi connectivity index (χ0) is 11.7. The van der Waals surface area contributed by atoms with Gasteiger partial charge < -0.3 is 5.32 Å². The summed E-state index contributed by atoms with van der Waals surface area (Å²) in [7, 11) is 0. The minimum Gasteiger partial charge on any atom is -0.386 e. The van der Waals surface area contributed by atoms with E-state index in [0.717, 1.165) is 18.7 Å². The van der Waals surface area contributed by atoms with Crippen LogP contribution in [0.5, 0.6) is 0 Å². The van der Waals surface area contributed by atoms with E-state index < -0.39 is 0 Å². The third-order valence-electron chi connectivity index (χ3n) is 2.38. The smallest absolute Gasteiger partial charge is 0.0392 e. The molecule has 88 valence electrons. The zero-order valence-corrected chi connectivity index (χ0v) is 10.9. The Bertz CT molecular complexity index is 217. The van der Waals surface area contributed by atoms with Crippen LogP contribution in [-0.4, -0.2) is 18.3 Å². The quantitative estimate of drug-likeness (QED) is 0.504. The minimum absolute atomic E-state index is 0.546. The van der Waals surface area contributed by atoms with Crippen LogP contribution in [0.4, 0.5) is 0 Å². The van der Waals surface area contributed by atoms with Crippen molar-refractivity contribution in [1.29, 1.82) is 0 Å². The third kappa shape index (κ3) is 8.22. The van der Waals surface area contributed by atoms with Crippen molar-refractivity contribution in [3.8, 4) is 0 Å². The predicted octanol–water partition coefficient (Wildman–Crippen LogP) is 3.54. The molecule has 2 nitrogen and oxygen atoms in total. The minimum atomic E-state index is 0.546. The van der Waals surface area contributed by atoms with Crippen LogP contribution in [0.15, 0.2) is 16.8 Å². The van der Waals surface area contributed by atoms with E-state index in [1.54, 1.807) is 0 Å². The van der Waals surface area contributed by atoms with Crippen LogP contribution in [0.2, 0.25) is 0 Å². The van der Waals surface area contributed by atoms with Crippen LogP contribution in [-0.2, 0) is 0 Å². The van der Waals surface area contributed by atoms with Gasteiger partial charge in [-0.2, -0.15) is 0 Å². The Balaban J connectivity index is 4.04. The molecule has 0 aromatic rings. The molecule has 0 rings (SSSR count). The maximum absolute atomic E-state index is 4.49. The van der Waals surface area contributed by atoms with Crippen molar-refractivity contribution in [2.24, 2.45) is 4.99 Å². The molecule has 0 aliphatic carbocycles. The number of nitrogens with zero attached hydrogens (tertiary/aromatic N) is 1. The second-order valence-corrected chi connectivity index (χ2v) is 4.16. The highest BCUT2D eigenvalue weighted by Crippen LogP contribution is 1.96. The lowest BCUT2D eigenvalue weighted by Gasteiger charge is -2.12. The highest BCUT2D eigenvalue weighted by molar-refractivity contribution is 5.93. The Hall–Kier alpha value is -0.790. The SMILES string of the molecule is CCCCN=C(C)/C=C(/C)NC(C)CC. The Morgan fingerprint density at radius 3 is 2.53 bits per heavy atom. The lowest BCUT2D eigenvalue weighted by atomic mass is 10.2. The number of hydrogen-bond acceptors (Lipinski definition) is 2. The van der Waals surface area contributed by atoms with Gasteiger partial charge in [0.1, 0.15) is 0 Å². The van der Waals surface area contributed by atoms with Gasteiger partial charge in [-0.15, -0.1) is 0 Å². The average Bonchev–Trinajstić information content (AvgIpc) is 2.17. The number of allylic oxidation sites excluding steroid dienone is 2. The fraction of sp³-hybridized carbons (Fsp3) is 0.769. The molecule has 0 spiro atoms. The third-order valence-corrected chi connectivity index (χ3v) is 2.38. The molecule has 0 aromatic heterocycles. The first-order chi connectivity index (χ1) is 7.10. The summed E-state index contributed by atoms with van der Waals surface area (Å²) < 4.78 is 0. The van der Waals surface area contributed by atoms with E-state index >= 15 is 0 Å². The van der Waals surface area contributed by atoms with Crippen molar-refractivity contribution in [2.75, 3.05) is 6.54 Å². The Kier molecular flexibility index (Phi) is 8.06. The molecule has 0 heterocycles. The molecular formula is C13H26N2. The molecule has 2 heteroatoms. The second-order valence-electron chi connectivity index (χ2n) is 4.16. The van der Waals surface area contributed by atoms with Crippen LogP contribution >= 0.6 is 0 Å². The second kappa shape index (κ2) is 8.51. The van der Waals surface area contributed by atoms with Crippen LogP contribution in [0.1, 0.15) is 53.9 Å². The van der Waals surface area contributed by atoms with Gasteiger partial charge in [0, 0.05) is 24.0 Å². The van der Waals surface area contributed by atoms with E-state index in [-0.39, 0.29) is 0 Å². The summed E-state index contributed by atoms with van der Waals surface area (Å²) in [6, 6.07) is 0.546. The molecule has 0 saturated carbocycles. The zero-order valence-electron chi connectivity index (χ0n) is 10.9.